The molecule has 24 heavy (non-hydrogen) atoms. The van der Waals surface area contributed by atoms with Crippen molar-refractivity contribution in [1.82, 2.24) is 9.97 Å². The Labute approximate surface area is 147 Å². The number of aryl methyl sites for hydroxylation is 2. The van der Waals surface area contributed by atoms with Crippen LogP contribution in [-0.4, -0.2) is 46.2 Å². The zero-order valence-electron chi connectivity index (χ0n) is 18.7. The van der Waals surface area contributed by atoms with E-state index in [4.69, 9.17) is 18.4 Å². The van der Waals surface area contributed by atoms with E-state index >= 15 is 0 Å². The summed E-state index contributed by atoms with van der Waals surface area (Å²) in [6.45, 7) is 3.03. The highest BCUT2D eigenvalue weighted by Gasteiger charge is 2.09. The number of hydrogen-bond donors (Lipinski definition) is 2. The number of aromatic carboxylic acids is 2. The van der Waals surface area contributed by atoms with Gasteiger partial charge in [-0.3, -0.25) is 0 Å². The number of carbonyl (C=O) groups is 2. The van der Waals surface area contributed by atoms with Crippen molar-refractivity contribution in [2.75, 3.05) is 14.1 Å². The first-order valence-corrected chi connectivity index (χ1v) is 6.37. The monoisotopic (exact) mass is 340 g/mol. The highest BCUT2D eigenvalue weighted by atomic mass is 16.5. The van der Waals surface area contributed by atoms with Crippen molar-refractivity contribution in [3.63, 3.8) is 0 Å². The Morgan fingerprint density at radius 3 is 1.54 bits per heavy atom. The molecule has 0 aromatic carbocycles. The molecular formula is C16H18N2O6. The van der Waals surface area contributed by atoms with Gasteiger partial charge in [0, 0.05) is 0 Å². The molecule has 0 spiro atoms. The van der Waals surface area contributed by atoms with Crippen LogP contribution in [0.2, 0.25) is 0 Å². The largest absolute Gasteiger partial charge is 0.495 e. The molecule has 2 N–H and O–H groups in total. The highest BCUT2D eigenvalue weighted by Crippen LogP contribution is 2.14. The van der Waals surface area contributed by atoms with Crippen LogP contribution in [0, 0.1) is 13.8 Å². The lowest BCUT2D eigenvalue weighted by Crippen LogP contribution is -2.03. The van der Waals surface area contributed by atoms with Crippen molar-refractivity contribution in [1.29, 1.82) is 0 Å². The van der Waals surface area contributed by atoms with Crippen LogP contribution in [-0.2, 0) is 0 Å². The Balaban J connectivity index is 0.000000300. The van der Waals surface area contributed by atoms with Crippen LogP contribution >= 0.6 is 0 Å². The first-order valence-electron chi connectivity index (χ1n) is 9.37. The highest BCUT2D eigenvalue weighted by molar-refractivity contribution is 5.87. The van der Waals surface area contributed by atoms with Crippen molar-refractivity contribution in [2.24, 2.45) is 0 Å². The predicted molar refractivity (Wildman–Crippen MR) is 85.0 cm³/mol. The first-order chi connectivity index (χ1) is 13.6. The smallest absolute Gasteiger partial charge is 0.354 e. The van der Waals surface area contributed by atoms with Gasteiger partial charge in [0.05, 0.1) is 34.7 Å². The molecule has 0 atom stereocenters. The maximum absolute atomic E-state index is 10.6. The lowest BCUT2D eigenvalue weighted by molar-refractivity contribution is 0.0678. The summed E-state index contributed by atoms with van der Waals surface area (Å²) < 4.78 is 50.2. The second-order valence-corrected chi connectivity index (χ2v) is 4.49. The Kier molecular flexibility index (Phi) is 4.02. The molecule has 0 saturated carbocycles. The third-order valence-electron chi connectivity index (χ3n) is 2.75. The number of rotatable bonds is 4. The molecule has 0 amide bonds. The van der Waals surface area contributed by atoms with Crippen molar-refractivity contribution >= 4 is 11.9 Å². The molecule has 2 aromatic rings. The summed E-state index contributed by atoms with van der Waals surface area (Å²) in [7, 11) is -5.11. The molecule has 0 bridgehead atoms. The Morgan fingerprint density at radius 1 is 0.917 bits per heavy atom. The van der Waals surface area contributed by atoms with Crippen LogP contribution in [0.5, 0.6) is 11.5 Å². The molecular weight excluding hydrogens is 316 g/mol. The quantitative estimate of drug-likeness (QED) is 0.869. The Bertz CT molecular complexity index is 854. The minimum absolute atomic E-state index is 0.0255. The van der Waals surface area contributed by atoms with Crippen LogP contribution in [0.1, 0.15) is 40.3 Å². The summed E-state index contributed by atoms with van der Waals surface area (Å²) in [6, 6.07) is 2.64. The molecule has 2 heterocycles. The number of carboxylic acid groups (broad SMARTS) is 2. The molecule has 128 valence electrons. The van der Waals surface area contributed by atoms with Gasteiger partial charge in [0.2, 0.25) is 0 Å². The van der Waals surface area contributed by atoms with Crippen LogP contribution in [0.3, 0.4) is 0 Å². The summed E-state index contributed by atoms with van der Waals surface area (Å²) in [6.07, 6.45) is 2.14. The third kappa shape index (κ3) is 4.94. The van der Waals surface area contributed by atoms with Crippen LogP contribution < -0.4 is 9.47 Å². The fraction of sp³-hybridized carbons (Fsp3) is 0.250. The molecule has 0 aliphatic carbocycles. The first kappa shape index (κ1) is 11.4. The van der Waals surface area contributed by atoms with E-state index in [2.05, 4.69) is 19.4 Å². The average Bonchev–Trinajstić information content (AvgIpc) is 2.51. The predicted octanol–water partition coefficient (Wildman–Crippen LogP) is 2.19. The van der Waals surface area contributed by atoms with Gasteiger partial charge >= 0.3 is 11.9 Å². The maximum Gasteiger partial charge on any atom is 0.354 e. The number of methoxy groups -OCH3 is 2. The van der Waals surface area contributed by atoms with E-state index in [0.717, 1.165) is 12.4 Å². The van der Waals surface area contributed by atoms with Gasteiger partial charge in [-0.05, 0) is 37.1 Å². The number of ether oxygens (including phenoxy) is 2. The number of carboxylic acids is 2. The second-order valence-electron chi connectivity index (χ2n) is 4.49. The van der Waals surface area contributed by atoms with E-state index in [-0.39, 0.29) is 22.9 Å². The van der Waals surface area contributed by atoms with E-state index < -0.39 is 26.0 Å². The third-order valence-corrected chi connectivity index (χ3v) is 2.75. The van der Waals surface area contributed by atoms with Crippen molar-refractivity contribution in [3.8, 4) is 11.5 Å². The van der Waals surface area contributed by atoms with E-state index in [0.29, 0.717) is 11.1 Å². The Hall–Kier alpha value is -3.16. The molecule has 2 rings (SSSR count). The summed E-state index contributed by atoms with van der Waals surface area (Å²) in [5.74, 6) is -2.27. The summed E-state index contributed by atoms with van der Waals surface area (Å²) >= 11 is 0. The van der Waals surface area contributed by atoms with Gasteiger partial charge in [-0.15, -0.1) is 0 Å². The lowest BCUT2D eigenvalue weighted by atomic mass is 10.2. The van der Waals surface area contributed by atoms with Crippen LogP contribution in [0.4, 0.5) is 0 Å². The maximum atomic E-state index is 10.6. The standard InChI is InChI=1S/2C8H9NO3/c2*1-5-3-6(12-2)4-9-7(5)8(10)11/h2*3-4H,1-2H3,(H,10,11)/i2*2D3. The van der Waals surface area contributed by atoms with Crippen LogP contribution in [0.25, 0.3) is 0 Å². The second kappa shape index (κ2) is 8.47. The number of hydrogen-bond acceptors (Lipinski definition) is 6. The van der Waals surface area contributed by atoms with E-state index in [9.17, 15) is 9.59 Å². The molecule has 2 aromatic heterocycles. The molecule has 0 unspecified atom stereocenters. The zero-order chi connectivity index (χ0) is 23.3. The van der Waals surface area contributed by atoms with Crippen molar-refractivity contribution < 1.29 is 37.5 Å². The van der Waals surface area contributed by atoms with Gasteiger partial charge in [-0.2, -0.15) is 0 Å². The van der Waals surface area contributed by atoms with E-state index in [1.807, 2.05) is 0 Å². The molecule has 0 fully saturated rings. The van der Waals surface area contributed by atoms with E-state index in [1.54, 1.807) is 0 Å². The summed E-state index contributed by atoms with van der Waals surface area (Å²) in [4.78, 5) is 28.4. The summed E-state index contributed by atoms with van der Waals surface area (Å²) in [5, 5.41) is 17.3. The number of aromatic nitrogens is 2. The topological polar surface area (TPSA) is 119 Å². The molecule has 0 radical (unpaired) electrons. The Morgan fingerprint density at radius 2 is 1.29 bits per heavy atom. The van der Waals surface area contributed by atoms with Gasteiger partial charge in [-0.1, -0.05) is 0 Å². The van der Waals surface area contributed by atoms with Crippen molar-refractivity contribution in [2.45, 2.75) is 13.8 Å². The van der Waals surface area contributed by atoms with Gasteiger partial charge in [0.25, 0.3) is 0 Å². The van der Waals surface area contributed by atoms with Gasteiger partial charge in [-0.25, -0.2) is 19.6 Å². The average molecular weight is 340 g/mol. The SMILES string of the molecule is [2H]C([2H])([2H])Oc1cnc(C(=O)O)c(C)c1.[2H]C([2H])([2H])Oc1cnc(C(=O)O)c(C)c1. The molecule has 8 heteroatoms. The lowest BCUT2D eigenvalue weighted by Gasteiger charge is -2.02. The van der Waals surface area contributed by atoms with Crippen molar-refractivity contribution in [3.05, 3.63) is 47.0 Å². The molecule has 8 nitrogen and oxygen atoms in total. The minimum atomic E-state index is -2.56. The zero-order valence-corrected chi connectivity index (χ0v) is 12.7. The molecule has 0 aliphatic heterocycles. The molecule has 0 aliphatic rings. The number of nitrogens with zero attached hydrogens (tertiary/aromatic N) is 2. The normalized spacial score (nSPS) is 14.2. The van der Waals surface area contributed by atoms with Gasteiger partial charge in [0.15, 0.2) is 11.4 Å². The van der Waals surface area contributed by atoms with Gasteiger partial charge in [0.1, 0.15) is 11.5 Å². The van der Waals surface area contributed by atoms with E-state index in [1.165, 1.54) is 26.0 Å². The number of pyridine rings is 2. The van der Waals surface area contributed by atoms with Crippen LogP contribution in [0.15, 0.2) is 24.5 Å². The molecule has 0 saturated heterocycles. The fourth-order valence-electron chi connectivity index (χ4n) is 1.66. The summed E-state index contributed by atoms with van der Waals surface area (Å²) in [5.41, 5.74) is 0.467. The van der Waals surface area contributed by atoms with Gasteiger partial charge < -0.3 is 19.7 Å². The fourth-order valence-corrected chi connectivity index (χ4v) is 1.66. The minimum Gasteiger partial charge on any atom is -0.495 e.